The van der Waals surface area contributed by atoms with Crippen LogP contribution in [0.25, 0.3) is 0 Å². The van der Waals surface area contributed by atoms with Crippen LogP contribution in [0.5, 0.6) is 0 Å². The Morgan fingerprint density at radius 2 is 2.45 bits per heavy atom. The molecule has 2 unspecified atom stereocenters. The second-order valence-corrected chi connectivity index (χ2v) is 5.15. The Morgan fingerprint density at radius 1 is 1.73 bits per heavy atom. The molecule has 2 atom stereocenters. The van der Waals surface area contributed by atoms with Crippen molar-refractivity contribution < 1.29 is 0 Å². The minimum absolute atomic E-state index is 0.321. The zero-order valence-electron chi connectivity index (χ0n) is 7.26. The van der Waals surface area contributed by atoms with Gasteiger partial charge in [0.1, 0.15) is 0 Å². The average molecular weight is 169 g/mol. The Labute approximate surface area is 73.2 Å². The van der Waals surface area contributed by atoms with E-state index in [1.54, 1.807) is 0 Å². The number of hydrogen-bond acceptors (Lipinski definition) is 2. The van der Waals surface area contributed by atoms with E-state index in [4.69, 9.17) is 5.26 Å². The van der Waals surface area contributed by atoms with Gasteiger partial charge in [-0.2, -0.15) is 17.0 Å². The number of nitrogens with zero attached hydrogens (tertiary/aromatic N) is 1. The van der Waals surface area contributed by atoms with Gasteiger partial charge >= 0.3 is 0 Å². The molecule has 0 aromatic carbocycles. The Bertz CT molecular complexity index is 173. The summed E-state index contributed by atoms with van der Waals surface area (Å²) in [6.07, 6.45) is 3.37. The summed E-state index contributed by atoms with van der Waals surface area (Å²) >= 11 is 2.03. The Hall–Kier alpha value is -0.160. The van der Waals surface area contributed by atoms with Crippen molar-refractivity contribution >= 4 is 11.8 Å². The second-order valence-electron chi connectivity index (χ2n) is 3.47. The third-order valence-electron chi connectivity index (χ3n) is 2.53. The highest BCUT2D eigenvalue weighted by Crippen LogP contribution is 2.40. The average Bonchev–Trinajstić information content (AvgIpc) is 2.05. The zero-order valence-corrected chi connectivity index (χ0v) is 8.08. The molecule has 0 bridgehead atoms. The molecule has 0 amide bonds. The van der Waals surface area contributed by atoms with Crippen LogP contribution in [-0.2, 0) is 0 Å². The van der Waals surface area contributed by atoms with E-state index in [0.717, 1.165) is 12.8 Å². The molecule has 1 saturated heterocycles. The van der Waals surface area contributed by atoms with Crippen molar-refractivity contribution in [2.24, 2.45) is 5.92 Å². The van der Waals surface area contributed by atoms with Gasteiger partial charge in [-0.15, -0.1) is 0 Å². The SMILES string of the molecule is CCC1(C)CC(C#N)CCS1. The summed E-state index contributed by atoms with van der Waals surface area (Å²) in [7, 11) is 0. The molecule has 2 heteroatoms. The summed E-state index contributed by atoms with van der Waals surface area (Å²) in [5, 5.41) is 8.76. The monoisotopic (exact) mass is 169 g/mol. The van der Waals surface area contributed by atoms with E-state index in [-0.39, 0.29) is 0 Å². The summed E-state index contributed by atoms with van der Waals surface area (Å²) < 4.78 is 0.388. The Balaban J connectivity index is 2.53. The van der Waals surface area contributed by atoms with E-state index in [1.165, 1.54) is 12.2 Å². The minimum atomic E-state index is 0.321. The van der Waals surface area contributed by atoms with E-state index >= 15 is 0 Å². The number of rotatable bonds is 1. The maximum absolute atomic E-state index is 8.76. The van der Waals surface area contributed by atoms with Crippen molar-refractivity contribution in [1.29, 1.82) is 5.26 Å². The van der Waals surface area contributed by atoms with E-state index < -0.39 is 0 Å². The van der Waals surface area contributed by atoms with Crippen molar-refractivity contribution in [2.75, 3.05) is 5.75 Å². The van der Waals surface area contributed by atoms with Crippen LogP contribution in [0.15, 0.2) is 0 Å². The molecule has 11 heavy (non-hydrogen) atoms. The molecule has 1 fully saturated rings. The fraction of sp³-hybridized carbons (Fsp3) is 0.889. The third-order valence-corrected chi connectivity index (χ3v) is 4.12. The van der Waals surface area contributed by atoms with Crippen molar-refractivity contribution in [3.05, 3.63) is 0 Å². The molecule has 62 valence electrons. The van der Waals surface area contributed by atoms with Gasteiger partial charge in [0.2, 0.25) is 0 Å². The van der Waals surface area contributed by atoms with E-state index in [9.17, 15) is 0 Å². The molecule has 1 aliphatic rings. The van der Waals surface area contributed by atoms with E-state index in [1.807, 2.05) is 11.8 Å². The van der Waals surface area contributed by atoms with Crippen LogP contribution < -0.4 is 0 Å². The molecule has 0 aromatic rings. The lowest BCUT2D eigenvalue weighted by Crippen LogP contribution is -2.28. The van der Waals surface area contributed by atoms with E-state index in [2.05, 4.69) is 19.9 Å². The number of hydrogen-bond donors (Lipinski definition) is 0. The van der Waals surface area contributed by atoms with Crippen molar-refractivity contribution in [1.82, 2.24) is 0 Å². The van der Waals surface area contributed by atoms with Crippen LogP contribution in [0.3, 0.4) is 0 Å². The van der Waals surface area contributed by atoms with Crippen molar-refractivity contribution in [3.8, 4) is 6.07 Å². The summed E-state index contributed by atoms with van der Waals surface area (Å²) in [6.45, 7) is 4.49. The molecule has 1 aliphatic heterocycles. The fourth-order valence-electron chi connectivity index (χ4n) is 1.49. The molecular formula is C9H15NS. The van der Waals surface area contributed by atoms with Gasteiger partial charge in [0.25, 0.3) is 0 Å². The molecule has 1 nitrogen and oxygen atoms in total. The number of thioether (sulfide) groups is 1. The minimum Gasteiger partial charge on any atom is -0.198 e. The van der Waals surface area contributed by atoms with Crippen LogP contribution in [0.4, 0.5) is 0 Å². The van der Waals surface area contributed by atoms with Gasteiger partial charge in [-0.3, -0.25) is 0 Å². The summed E-state index contributed by atoms with van der Waals surface area (Å²) in [5.74, 6) is 1.49. The second kappa shape index (κ2) is 3.49. The topological polar surface area (TPSA) is 23.8 Å². The predicted molar refractivity (Wildman–Crippen MR) is 49.5 cm³/mol. The normalized spacial score (nSPS) is 38.1. The first-order valence-corrected chi connectivity index (χ1v) is 5.22. The van der Waals surface area contributed by atoms with Gasteiger partial charge in [0.15, 0.2) is 0 Å². The molecular weight excluding hydrogens is 154 g/mol. The van der Waals surface area contributed by atoms with Crippen molar-refractivity contribution in [3.63, 3.8) is 0 Å². The highest BCUT2D eigenvalue weighted by atomic mass is 32.2. The lowest BCUT2D eigenvalue weighted by atomic mass is 9.92. The maximum Gasteiger partial charge on any atom is 0.0656 e. The molecule has 0 aromatic heterocycles. The zero-order chi connectivity index (χ0) is 8.32. The van der Waals surface area contributed by atoms with Gasteiger partial charge in [0.05, 0.1) is 6.07 Å². The van der Waals surface area contributed by atoms with Crippen LogP contribution in [-0.4, -0.2) is 10.5 Å². The summed E-state index contributed by atoms with van der Waals surface area (Å²) in [6, 6.07) is 2.38. The van der Waals surface area contributed by atoms with Gasteiger partial charge in [-0.05, 0) is 25.0 Å². The molecule has 1 rings (SSSR count). The third kappa shape index (κ3) is 2.13. The van der Waals surface area contributed by atoms with Crippen LogP contribution in [0, 0.1) is 17.2 Å². The first kappa shape index (κ1) is 8.93. The highest BCUT2D eigenvalue weighted by molar-refractivity contribution is 8.00. The smallest absolute Gasteiger partial charge is 0.0656 e. The van der Waals surface area contributed by atoms with Gasteiger partial charge in [0, 0.05) is 10.7 Å². The van der Waals surface area contributed by atoms with Crippen LogP contribution in [0.1, 0.15) is 33.1 Å². The van der Waals surface area contributed by atoms with Crippen molar-refractivity contribution in [2.45, 2.75) is 37.9 Å². The van der Waals surface area contributed by atoms with E-state index in [0.29, 0.717) is 10.7 Å². The molecule has 0 N–H and O–H groups in total. The van der Waals surface area contributed by atoms with Crippen LogP contribution in [0.2, 0.25) is 0 Å². The quantitative estimate of drug-likeness (QED) is 0.602. The predicted octanol–water partition coefficient (Wildman–Crippen LogP) is 2.82. The maximum atomic E-state index is 8.76. The number of nitriles is 1. The lowest BCUT2D eigenvalue weighted by molar-refractivity contribution is 0.454. The lowest BCUT2D eigenvalue weighted by Gasteiger charge is -2.34. The molecule has 1 heterocycles. The molecule has 0 aliphatic carbocycles. The summed E-state index contributed by atoms with van der Waals surface area (Å²) in [5.41, 5.74) is 0. The van der Waals surface area contributed by atoms with Gasteiger partial charge in [-0.1, -0.05) is 13.8 Å². The standard InChI is InChI=1S/C9H15NS/c1-3-9(2)6-8(7-10)4-5-11-9/h8H,3-6H2,1-2H3. The highest BCUT2D eigenvalue weighted by Gasteiger charge is 2.30. The molecule has 0 saturated carbocycles. The first-order valence-electron chi connectivity index (χ1n) is 4.24. The summed E-state index contributed by atoms with van der Waals surface area (Å²) in [4.78, 5) is 0. The molecule has 0 radical (unpaired) electrons. The first-order chi connectivity index (χ1) is 5.20. The molecule has 0 spiro atoms. The van der Waals surface area contributed by atoms with Gasteiger partial charge < -0.3 is 0 Å². The fourth-order valence-corrected chi connectivity index (χ4v) is 2.90. The van der Waals surface area contributed by atoms with Gasteiger partial charge in [-0.25, -0.2) is 0 Å². The van der Waals surface area contributed by atoms with Crippen LogP contribution >= 0.6 is 11.8 Å². The largest absolute Gasteiger partial charge is 0.198 e. The Kier molecular flexibility index (Phi) is 2.84. The Morgan fingerprint density at radius 3 is 3.00 bits per heavy atom.